The third-order valence-corrected chi connectivity index (χ3v) is 4.93. The number of carbonyl (C=O) groups excluding carboxylic acids is 1. The average Bonchev–Trinajstić information content (AvgIpc) is 3.20. The highest BCUT2D eigenvalue weighted by Gasteiger charge is 2.32. The van der Waals surface area contributed by atoms with Gasteiger partial charge in [-0.25, -0.2) is 4.39 Å². The number of hydrogen-bond donors (Lipinski definition) is 1. The second-order valence-electron chi connectivity index (χ2n) is 6.18. The zero-order valence-electron chi connectivity index (χ0n) is 13.9. The Morgan fingerprint density at radius 3 is 2.38 bits per heavy atom. The lowest BCUT2D eigenvalue weighted by Gasteiger charge is -2.11. The third kappa shape index (κ3) is 3.18. The van der Waals surface area contributed by atoms with Crippen molar-refractivity contribution in [2.45, 2.75) is 19.3 Å². The maximum absolute atomic E-state index is 13.3. The fourth-order valence-corrected chi connectivity index (χ4v) is 3.27. The Labute approximate surface area is 158 Å². The molecular weight excluding hydrogens is 399 g/mol. The van der Waals surface area contributed by atoms with E-state index >= 15 is 0 Å². The number of aromatic nitrogens is 1. The van der Waals surface area contributed by atoms with Crippen molar-refractivity contribution >= 4 is 21.8 Å². The number of rotatable bonds is 3. The van der Waals surface area contributed by atoms with Crippen LogP contribution in [0.3, 0.4) is 0 Å². The van der Waals surface area contributed by atoms with Crippen molar-refractivity contribution in [1.29, 1.82) is 0 Å². The molecule has 2 heterocycles. The first-order valence-electron chi connectivity index (χ1n) is 8.21. The quantitative estimate of drug-likeness (QED) is 0.681. The number of amides is 1. The van der Waals surface area contributed by atoms with E-state index in [2.05, 4.69) is 21.2 Å². The summed E-state index contributed by atoms with van der Waals surface area (Å²) >= 11 is 3.44. The Hall–Kier alpha value is -2.44. The molecule has 1 fully saturated rings. The first kappa shape index (κ1) is 17.0. The Balaban J connectivity index is 1.81. The fraction of sp³-hybridized carbons (Fsp3) is 0.150. The minimum Gasteiger partial charge on any atom is -0.341 e. The van der Waals surface area contributed by atoms with Crippen molar-refractivity contribution in [1.82, 2.24) is 9.88 Å². The largest absolute Gasteiger partial charge is 0.341 e. The van der Waals surface area contributed by atoms with Gasteiger partial charge in [0.1, 0.15) is 11.9 Å². The summed E-state index contributed by atoms with van der Waals surface area (Å²) in [6, 6.07) is 14.2. The van der Waals surface area contributed by atoms with Crippen molar-refractivity contribution in [2.24, 2.45) is 0 Å². The highest BCUT2D eigenvalue weighted by molar-refractivity contribution is 9.10. The van der Waals surface area contributed by atoms with Crippen LogP contribution in [0.4, 0.5) is 4.39 Å². The maximum Gasteiger partial charge on any atom is 0.251 e. The Morgan fingerprint density at radius 1 is 1.08 bits per heavy atom. The standard InChI is InChI=1S/C20H16BrFN2O2/c1-12-19(25)23-20(26-12)18-11-24(16-8-4-14(21)5-9-16)10-17(18)13-2-6-15(22)7-3-13/h2-12,20H,1H3,(H,23,25). The smallest absolute Gasteiger partial charge is 0.251 e. The molecule has 4 rings (SSSR count). The van der Waals surface area contributed by atoms with Crippen molar-refractivity contribution in [3.8, 4) is 16.8 Å². The van der Waals surface area contributed by atoms with E-state index in [9.17, 15) is 9.18 Å². The molecule has 2 unspecified atom stereocenters. The first-order chi connectivity index (χ1) is 12.5. The van der Waals surface area contributed by atoms with Crippen molar-refractivity contribution in [3.05, 3.63) is 76.8 Å². The normalized spacial score (nSPS) is 19.6. The molecule has 1 aliphatic rings. The molecule has 0 saturated carbocycles. The highest BCUT2D eigenvalue weighted by Crippen LogP contribution is 2.34. The second kappa shape index (κ2) is 6.70. The number of nitrogens with one attached hydrogen (secondary N) is 1. The number of hydrogen-bond acceptors (Lipinski definition) is 2. The summed E-state index contributed by atoms with van der Waals surface area (Å²) in [5, 5.41) is 2.86. The molecule has 1 aliphatic heterocycles. The zero-order valence-corrected chi connectivity index (χ0v) is 15.5. The summed E-state index contributed by atoms with van der Waals surface area (Å²) in [4.78, 5) is 11.9. The zero-order chi connectivity index (χ0) is 18.3. The van der Waals surface area contributed by atoms with Crippen LogP contribution < -0.4 is 5.32 Å². The first-order valence-corrected chi connectivity index (χ1v) is 9.00. The molecule has 0 aliphatic carbocycles. The number of benzene rings is 2. The van der Waals surface area contributed by atoms with Gasteiger partial charge in [0.15, 0.2) is 6.23 Å². The predicted octanol–water partition coefficient (Wildman–Crippen LogP) is 4.58. The van der Waals surface area contributed by atoms with Gasteiger partial charge in [-0.15, -0.1) is 0 Å². The lowest BCUT2D eigenvalue weighted by atomic mass is 10.0. The van der Waals surface area contributed by atoms with Gasteiger partial charge in [-0.1, -0.05) is 28.1 Å². The predicted molar refractivity (Wildman–Crippen MR) is 100 cm³/mol. The van der Waals surface area contributed by atoms with Gasteiger partial charge in [0.2, 0.25) is 0 Å². The van der Waals surface area contributed by atoms with E-state index in [1.54, 1.807) is 19.1 Å². The topological polar surface area (TPSA) is 43.3 Å². The minimum absolute atomic E-state index is 0.142. The molecule has 3 aromatic rings. The van der Waals surface area contributed by atoms with Gasteiger partial charge in [0, 0.05) is 33.7 Å². The fourth-order valence-electron chi connectivity index (χ4n) is 3.01. The molecular formula is C20H16BrFN2O2. The second-order valence-corrected chi connectivity index (χ2v) is 7.10. The van der Waals surface area contributed by atoms with Crippen molar-refractivity contribution < 1.29 is 13.9 Å². The van der Waals surface area contributed by atoms with Gasteiger partial charge in [0.25, 0.3) is 5.91 Å². The molecule has 0 spiro atoms. The summed E-state index contributed by atoms with van der Waals surface area (Å²) in [7, 11) is 0. The van der Waals surface area contributed by atoms with E-state index in [-0.39, 0.29) is 11.7 Å². The van der Waals surface area contributed by atoms with E-state index in [4.69, 9.17) is 4.74 Å². The Bertz CT molecular complexity index is 951. The molecule has 2 atom stereocenters. The van der Waals surface area contributed by atoms with Crippen LogP contribution in [0.5, 0.6) is 0 Å². The van der Waals surface area contributed by atoms with Crippen LogP contribution in [0.1, 0.15) is 18.7 Å². The van der Waals surface area contributed by atoms with Crippen LogP contribution >= 0.6 is 15.9 Å². The summed E-state index contributed by atoms with van der Waals surface area (Å²) in [5.74, 6) is -0.432. The minimum atomic E-state index is -0.533. The molecule has 1 amide bonds. The van der Waals surface area contributed by atoms with E-state index in [1.165, 1.54) is 12.1 Å². The van der Waals surface area contributed by atoms with Crippen LogP contribution in [-0.2, 0) is 9.53 Å². The van der Waals surface area contributed by atoms with Gasteiger partial charge in [-0.3, -0.25) is 4.79 Å². The van der Waals surface area contributed by atoms with Crippen LogP contribution in [-0.4, -0.2) is 16.6 Å². The summed E-state index contributed by atoms with van der Waals surface area (Å²) in [6.07, 6.45) is 2.86. The van der Waals surface area contributed by atoms with Crippen LogP contribution in [0, 0.1) is 5.82 Å². The molecule has 26 heavy (non-hydrogen) atoms. The van der Waals surface area contributed by atoms with Gasteiger partial charge in [-0.05, 0) is 48.9 Å². The third-order valence-electron chi connectivity index (χ3n) is 4.40. The summed E-state index contributed by atoms with van der Waals surface area (Å²) in [6.45, 7) is 1.72. The average molecular weight is 415 g/mol. The molecule has 1 N–H and O–H groups in total. The van der Waals surface area contributed by atoms with Crippen LogP contribution in [0.15, 0.2) is 65.4 Å². The number of nitrogens with zero attached hydrogens (tertiary/aromatic N) is 1. The maximum atomic E-state index is 13.3. The Morgan fingerprint density at radius 2 is 1.77 bits per heavy atom. The van der Waals surface area contributed by atoms with Crippen LogP contribution in [0.2, 0.25) is 0 Å². The van der Waals surface area contributed by atoms with Gasteiger partial charge >= 0.3 is 0 Å². The number of halogens is 2. The molecule has 1 aromatic heterocycles. The van der Waals surface area contributed by atoms with Gasteiger partial charge in [0.05, 0.1) is 0 Å². The molecule has 0 radical (unpaired) electrons. The number of ether oxygens (including phenoxy) is 1. The van der Waals surface area contributed by atoms with Gasteiger partial charge < -0.3 is 14.6 Å². The number of carbonyl (C=O) groups is 1. The molecule has 4 nitrogen and oxygen atoms in total. The summed E-state index contributed by atoms with van der Waals surface area (Å²) in [5.41, 5.74) is 3.54. The molecule has 0 bridgehead atoms. The van der Waals surface area contributed by atoms with E-state index in [0.717, 1.165) is 26.9 Å². The van der Waals surface area contributed by atoms with E-state index in [0.29, 0.717) is 0 Å². The van der Waals surface area contributed by atoms with Crippen molar-refractivity contribution in [2.75, 3.05) is 0 Å². The van der Waals surface area contributed by atoms with Crippen molar-refractivity contribution in [3.63, 3.8) is 0 Å². The Kier molecular flexibility index (Phi) is 4.38. The molecule has 6 heteroatoms. The molecule has 132 valence electrons. The molecule has 2 aromatic carbocycles. The lowest BCUT2D eigenvalue weighted by Crippen LogP contribution is -2.22. The van der Waals surface area contributed by atoms with Crippen LogP contribution in [0.25, 0.3) is 16.8 Å². The van der Waals surface area contributed by atoms with Gasteiger partial charge in [-0.2, -0.15) is 0 Å². The highest BCUT2D eigenvalue weighted by atomic mass is 79.9. The molecule has 1 saturated heterocycles. The van der Waals surface area contributed by atoms with E-state index < -0.39 is 12.3 Å². The van der Waals surface area contributed by atoms with E-state index in [1.807, 2.05) is 41.2 Å². The summed E-state index contributed by atoms with van der Waals surface area (Å²) < 4.78 is 22.0. The lowest BCUT2D eigenvalue weighted by molar-refractivity contribution is -0.122. The monoisotopic (exact) mass is 414 g/mol. The SMILES string of the molecule is CC1OC(c2cn(-c3ccc(Br)cc3)cc2-c2ccc(F)cc2)NC1=O.